The number of nitrogens with zero attached hydrogens (tertiary/aromatic N) is 7. The van der Waals surface area contributed by atoms with E-state index in [4.69, 9.17) is 16.3 Å². The van der Waals surface area contributed by atoms with Crippen molar-refractivity contribution in [3.8, 4) is 0 Å². The number of hydrogen-bond acceptors (Lipinski definition) is 15. The molecule has 28 heteroatoms. The molecule has 0 aromatic heterocycles. The molecule has 12 amide bonds. The summed E-state index contributed by atoms with van der Waals surface area (Å²) in [6, 6.07) is 1.16. The maximum Gasteiger partial charge on any atom is 0.248 e. The zero-order chi connectivity index (χ0) is 77.7. The number of aliphatic hydroxyl groups is 2. The van der Waals surface area contributed by atoms with E-state index in [1.807, 2.05) is 41.5 Å². The fraction of sp³-hybridized carbons (Fsp3) is 0.680. The number of carbonyl (C=O) groups excluding carboxylic acids is 12. The monoisotopic (exact) mass is 1460 g/mol. The summed E-state index contributed by atoms with van der Waals surface area (Å²) in [4.78, 5) is 189. The van der Waals surface area contributed by atoms with E-state index in [-0.39, 0.29) is 68.8 Å². The minimum absolute atomic E-state index is 0.0107. The molecule has 2 fully saturated rings. The number of aliphatic hydroxyl groups excluding tert-OH is 1. The molecule has 103 heavy (non-hydrogen) atoms. The number of ether oxygens (including phenoxy) is 1. The number of nitrogens with one attached hydrogen (secondary N) is 5. The van der Waals surface area contributed by atoms with Crippen LogP contribution in [0.1, 0.15) is 153 Å². The molecule has 2 aliphatic heterocycles. The zero-order valence-electron chi connectivity index (χ0n) is 64.3. The predicted octanol–water partition coefficient (Wildman–Crippen LogP) is 3.57. The Morgan fingerprint density at radius 1 is 0.524 bits per heavy atom. The van der Waals surface area contributed by atoms with Crippen molar-refractivity contribution in [3.05, 3.63) is 70.7 Å². The molecule has 2 aliphatic rings. The average molecular weight is 1460 g/mol. The summed E-state index contributed by atoms with van der Waals surface area (Å²) in [5.74, 6) is -11.0. The van der Waals surface area contributed by atoms with Crippen LogP contribution in [0.3, 0.4) is 0 Å². The number of likely N-dealkylation sites (tertiary alicyclic amines) is 1. The van der Waals surface area contributed by atoms with Crippen LogP contribution in [0.25, 0.3) is 0 Å². The minimum Gasteiger partial charge on any atom is -0.391 e. The molecule has 0 bridgehead atoms. The maximum atomic E-state index is 15.6. The van der Waals surface area contributed by atoms with Crippen LogP contribution in [0.15, 0.2) is 54.6 Å². The molecular weight excluding hydrogens is 1340 g/mol. The summed E-state index contributed by atoms with van der Waals surface area (Å²) in [5, 5.41) is 36.3. The van der Waals surface area contributed by atoms with Crippen LogP contribution in [0.4, 0.5) is 0 Å². The summed E-state index contributed by atoms with van der Waals surface area (Å²) < 4.78 is 5.92. The third kappa shape index (κ3) is 26.7. The van der Waals surface area contributed by atoms with E-state index in [1.165, 1.54) is 77.8 Å². The van der Waals surface area contributed by atoms with Crippen LogP contribution in [0, 0.1) is 29.6 Å². The van der Waals surface area contributed by atoms with Crippen molar-refractivity contribution in [2.24, 2.45) is 29.6 Å². The van der Waals surface area contributed by atoms with Crippen molar-refractivity contribution >= 4 is 82.5 Å². The van der Waals surface area contributed by atoms with E-state index >= 15 is 28.8 Å². The van der Waals surface area contributed by atoms with E-state index in [2.05, 4.69) is 26.6 Å². The molecular formula is C75H119ClN12O15. The van der Waals surface area contributed by atoms with Crippen LogP contribution in [-0.4, -0.2) is 263 Å². The van der Waals surface area contributed by atoms with Crippen LogP contribution in [0.2, 0.25) is 5.02 Å². The Balaban J connectivity index is 2.01. The van der Waals surface area contributed by atoms with Gasteiger partial charge in [-0.2, -0.15) is 0 Å². The van der Waals surface area contributed by atoms with Crippen molar-refractivity contribution in [2.45, 2.75) is 226 Å². The van der Waals surface area contributed by atoms with Gasteiger partial charge in [-0.25, -0.2) is 0 Å². The van der Waals surface area contributed by atoms with Gasteiger partial charge in [0.2, 0.25) is 70.9 Å². The highest BCUT2D eigenvalue weighted by Crippen LogP contribution is 2.24. The van der Waals surface area contributed by atoms with Crippen molar-refractivity contribution in [1.29, 1.82) is 0 Å². The Labute approximate surface area is 614 Å². The van der Waals surface area contributed by atoms with Crippen molar-refractivity contribution in [2.75, 3.05) is 75.1 Å². The molecule has 11 atom stereocenters. The number of carbonyl (C=O) groups is 12. The van der Waals surface area contributed by atoms with Crippen LogP contribution >= 0.6 is 11.6 Å². The molecule has 2 saturated heterocycles. The highest BCUT2D eigenvalue weighted by atomic mass is 35.5. The van der Waals surface area contributed by atoms with Crippen molar-refractivity contribution < 1.29 is 72.5 Å². The molecule has 0 radical (unpaired) electrons. The summed E-state index contributed by atoms with van der Waals surface area (Å²) in [7, 11) is 8.12. The molecule has 0 unspecified atom stereocenters. The van der Waals surface area contributed by atoms with Gasteiger partial charge in [0.1, 0.15) is 60.4 Å². The molecule has 0 saturated carbocycles. The predicted molar refractivity (Wildman–Crippen MR) is 392 cm³/mol. The van der Waals surface area contributed by atoms with E-state index in [1.54, 1.807) is 87.2 Å². The first-order valence-corrected chi connectivity index (χ1v) is 36.6. The van der Waals surface area contributed by atoms with Crippen LogP contribution in [-0.2, 0) is 75.1 Å². The highest BCUT2D eigenvalue weighted by molar-refractivity contribution is 6.30. The quantitative estimate of drug-likeness (QED) is 0.106. The van der Waals surface area contributed by atoms with Crippen molar-refractivity contribution in [3.63, 3.8) is 0 Å². The molecule has 2 heterocycles. The lowest BCUT2D eigenvalue weighted by Gasteiger charge is -2.37. The topological polar surface area (TPSA) is 337 Å². The Kier molecular flexibility index (Phi) is 34.5. The van der Waals surface area contributed by atoms with Crippen molar-refractivity contribution in [1.82, 2.24) is 60.9 Å². The van der Waals surface area contributed by atoms with Crippen LogP contribution < -0.4 is 26.6 Å². The second-order valence-electron chi connectivity index (χ2n) is 30.7. The lowest BCUT2D eigenvalue weighted by atomic mass is 9.96. The number of amides is 12. The zero-order valence-corrected chi connectivity index (χ0v) is 65.0. The van der Waals surface area contributed by atoms with Gasteiger partial charge in [0.05, 0.1) is 37.9 Å². The van der Waals surface area contributed by atoms with Gasteiger partial charge in [-0.3, -0.25) is 57.5 Å². The first-order chi connectivity index (χ1) is 48.0. The first-order valence-electron chi connectivity index (χ1n) is 36.2. The lowest BCUT2D eigenvalue weighted by molar-refractivity contribution is -0.151. The smallest absolute Gasteiger partial charge is 0.248 e. The fourth-order valence-electron chi connectivity index (χ4n) is 12.7. The van der Waals surface area contributed by atoms with Gasteiger partial charge in [0, 0.05) is 73.2 Å². The standard InChI is InChI=1S/C75H119ClN12O15/c1-44(2)33-53-69(96)84(16)58(36-47(7)8)68(95)81-64(49(11)89)73(100)82(14)41-62(91)83(15)56(34-45(3)4)65(92)79-55(42-103-43-75(12,13)102)70(97)87(19)60(39-51-29-26-30-52(76)37-51)72(99)85(17)57(35-46(5)6)66(93)78-54(71(98)88-31-24-21-25-32-88)40-61(90)80-63(48(9)10)74(101)86(18)59(67(94)77-53)38-50-27-22-20-23-28-50/h20,22-23,26-30,37,44-49,53-60,63-64,89,102H,21,24-25,31-36,38-43H2,1-19H3,(H,77,94)(H,78,93)(H,79,92)(H,80,90)(H,81,95)/t49-,53+,54+,55+,56+,57+,58+,59+,60+,63-,64+/m1/s1. The summed E-state index contributed by atoms with van der Waals surface area (Å²) in [6.07, 6.45) is -0.241. The van der Waals surface area contributed by atoms with Gasteiger partial charge in [0.15, 0.2) is 0 Å². The second-order valence-corrected chi connectivity index (χ2v) is 31.2. The minimum atomic E-state index is -1.69. The number of benzene rings is 2. The van der Waals surface area contributed by atoms with E-state index in [9.17, 15) is 39.0 Å². The van der Waals surface area contributed by atoms with Gasteiger partial charge in [0.25, 0.3) is 0 Å². The first kappa shape index (κ1) is 87.7. The number of rotatable bonds is 19. The van der Waals surface area contributed by atoms with Crippen LogP contribution in [0.5, 0.6) is 0 Å². The maximum absolute atomic E-state index is 15.6. The van der Waals surface area contributed by atoms with Gasteiger partial charge < -0.3 is 75.8 Å². The normalized spacial score (nSPS) is 24.8. The number of hydrogen-bond donors (Lipinski definition) is 7. The molecule has 27 nitrogen and oxygen atoms in total. The summed E-state index contributed by atoms with van der Waals surface area (Å²) in [5.41, 5.74) is -0.296. The number of likely N-dealkylation sites (N-methyl/N-ethyl adjacent to an activating group) is 6. The van der Waals surface area contributed by atoms with Gasteiger partial charge >= 0.3 is 0 Å². The SMILES string of the molecule is CC(C)C[C@@H]1NC(=O)[C@H](Cc2ccccc2)N(C)C(=O)[C@@H](C(C)C)NC(=O)C[C@@H](C(=O)N2CCCCC2)NC(=O)[C@H](CC(C)C)N(C)C(=O)[C@H](Cc2cccc(Cl)c2)N(C)C(=O)[C@H](COCC(C)(C)O)NC(=O)[C@H](CC(C)C)N(C)C(=O)CN(C)C(=O)[C@H]([C@@H](C)O)NC(=O)[C@H](CC(C)C)N(C)C1=O. The van der Waals surface area contributed by atoms with Gasteiger partial charge in [-0.15, -0.1) is 0 Å². The number of piperidine rings is 1. The Morgan fingerprint density at radius 3 is 1.51 bits per heavy atom. The van der Waals surface area contributed by atoms with E-state index < -0.39 is 168 Å². The number of halogens is 1. The molecule has 2 aromatic rings. The molecule has 2 aromatic carbocycles. The average Bonchev–Trinajstić information content (AvgIpc) is 0.818. The third-order valence-corrected chi connectivity index (χ3v) is 18.9. The van der Waals surface area contributed by atoms with Gasteiger partial charge in [-0.05, 0) is 119 Å². The Morgan fingerprint density at radius 2 is 0.990 bits per heavy atom. The highest BCUT2D eigenvalue weighted by Gasteiger charge is 2.44. The van der Waals surface area contributed by atoms with E-state index in [0.29, 0.717) is 42.1 Å². The second kappa shape index (κ2) is 40.5. The largest absolute Gasteiger partial charge is 0.391 e. The molecule has 576 valence electrons. The Hall–Kier alpha value is -7.75. The van der Waals surface area contributed by atoms with Gasteiger partial charge in [-0.1, -0.05) is 123 Å². The molecule has 0 spiro atoms. The molecule has 7 N–H and O–H groups in total. The van der Waals surface area contributed by atoms with E-state index in [0.717, 1.165) is 21.1 Å². The molecule has 4 rings (SSSR count). The third-order valence-electron chi connectivity index (χ3n) is 18.7. The summed E-state index contributed by atoms with van der Waals surface area (Å²) in [6.45, 7) is 21.2. The fourth-order valence-corrected chi connectivity index (χ4v) is 13.0. The Bertz CT molecular complexity index is 3210. The lowest BCUT2D eigenvalue weighted by Crippen LogP contribution is -2.62. The summed E-state index contributed by atoms with van der Waals surface area (Å²) >= 11 is 6.53. The molecule has 0 aliphatic carbocycles.